The van der Waals surface area contributed by atoms with Gasteiger partial charge in [-0.1, -0.05) is 60.7 Å². The van der Waals surface area contributed by atoms with E-state index in [2.05, 4.69) is 140 Å². The first-order chi connectivity index (χ1) is 29.7. The minimum Gasteiger partial charge on any atom is -0.456 e. The predicted molar refractivity (Wildman–Crippen MR) is 247 cm³/mol. The second-order valence-corrected chi connectivity index (χ2v) is 16.9. The van der Waals surface area contributed by atoms with Gasteiger partial charge in [0, 0.05) is 63.3 Å². The molecule has 0 radical (unpaired) electrons. The van der Waals surface area contributed by atoms with Crippen LogP contribution in [0.3, 0.4) is 0 Å². The Morgan fingerprint density at radius 1 is 0.267 bits per heavy atom. The topological polar surface area (TPSA) is 65.7 Å². The van der Waals surface area contributed by atoms with Crippen LogP contribution in [0.4, 0.5) is 0 Å². The van der Waals surface area contributed by atoms with Gasteiger partial charge in [0.15, 0.2) is 0 Å². The molecule has 0 saturated heterocycles. The molecular weight excluding hydrogens is 761 g/mol. The molecule has 5 nitrogen and oxygen atoms in total. The molecule has 6 heteroatoms. The fraction of sp³-hybridized carbons (Fsp3) is 0. The first-order valence-electron chi connectivity index (χ1n) is 20.0. The molecule has 0 spiro atoms. The summed E-state index contributed by atoms with van der Waals surface area (Å²) in [5.74, 6) is 0. The predicted octanol–water partition coefficient (Wildman–Crippen LogP) is 16.9. The minimum absolute atomic E-state index is 0.798. The van der Waals surface area contributed by atoms with Crippen LogP contribution in [0, 0.1) is 0 Å². The lowest BCUT2D eigenvalue weighted by Crippen LogP contribution is -1.79. The van der Waals surface area contributed by atoms with Gasteiger partial charge in [-0.25, -0.2) is 0 Å². The fourth-order valence-electron chi connectivity index (χ4n) is 9.90. The Labute approximate surface area is 341 Å². The van der Waals surface area contributed by atoms with E-state index in [0.29, 0.717) is 0 Å². The largest absolute Gasteiger partial charge is 0.456 e. The summed E-state index contributed by atoms with van der Waals surface area (Å²) < 4.78 is 34.9. The fourth-order valence-corrected chi connectivity index (χ4v) is 11.2. The van der Waals surface area contributed by atoms with Gasteiger partial charge in [-0.15, -0.1) is 11.3 Å². The summed E-state index contributed by atoms with van der Waals surface area (Å²) in [6.45, 7) is 0. The number of furan rings is 5. The zero-order valence-electron chi connectivity index (χ0n) is 31.5. The van der Waals surface area contributed by atoms with Crippen molar-refractivity contribution >= 4 is 141 Å². The molecule has 6 aromatic heterocycles. The first-order valence-corrected chi connectivity index (χ1v) is 20.9. The van der Waals surface area contributed by atoms with E-state index in [-0.39, 0.29) is 0 Å². The molecule has 0 saturated carbocycles. The van der Waals surface area contributed by atoms with Gasteiger partial charge in [0.1, 0.15) is 55.8 Å². The van der Waals surface area contributed by atoms with Crippen LogP contribution in [0.15, 0.2) is 180 Å². The lowest BCUT2D eigenvalue weighted by molar-refractivity contribution is 0.662. The third kappa shape index (κ3) is 4.05. The molecule has 0 N–H and O–H groups in total. The van der Waals surface area contributed by atoms with Crippen molar-refractivity contribution in [2.24, 2.45) is 0 Å². The highest BCUT2D eigenvalue weighted by Crippen LogP contribution is 2.46. The number of para-hydroxylation sites is 1. The van der Waals surface area contributed by atoms with Crippen molar-refractivity contribution in [2.45, 2.75) is 0 Å². The molecule has 0 aliphatic heterocycles. The normalized spacial score (nSPS) is 12.7. The van der Waals surface area contributed by atoms with Crippen molar-refractivity contribution in [3.05, 3.63) is 158 Å². The van der Waals surface area contributed by atoms with Crippen molar-refractivity contribution in [3.63, 3.8) is 0 Å². The lowest BCUT2D eigenvalue weighted by atomic mass is 9.99. The van der Waals surface area contributed by atoms with E-state index >= 15 is 0 Å². The monoisotopic (exact) mass is 786 g/mol. The second-order valence-electron chi connectivity index (χ2n) is 15.9. The summed E-state index contributed by atoms with van der Waals surface area (Å²) in [7, 11) is 0. The van der Waals surface area contributed by atoms with Crippen LogP contribution in [0.25, 0.3) is 152 Å². The zero-order valence-corrected chi connectivity index (χ0v) is 32.3. The molecule has 0 bridgehead atoms. The van der Waals surface area contributed by atoms with Crippen LogP contribution >= 0.6 is 11.3 Å². The van der Waals surface area contributed by atoms with Gasteiger partial charge in [-0.2, -0.15) is 0 Å². The van der Waals surface area contributed by atoms with Crippen LogP contribution in [0.1, 0.15) is 0 Å². The Kier molecular flexibility index (Phi) is 5.74. The Morgan fingerprint density at radius 2 is 0.683 bits per heavy atom. The number of hydrogen-bond acceptors (Lipinski definition) is 6. The number of benzene rings is 9. The number of hydrogen-bond donors (Lipinski definition) is 0. The van der Waals surface area contributed by atoms with E-state index in [4.69, 9.17) is 22.1 Å². The third-order valence-electron chi connectivity index (χ3n) is 12.7. The zero-order chi connectivity index (χ0) is 38.8. The van der Waals surface area contributed by atoms with Crippen molar-refractivity contribution in [2.75, 3.05) is 0 Å². The summed E-state index contributed by atoms with van der Waals surface area (Å²) >= 11 is 1.83. The maximum atomic E-state index is 6.72. The quantitative estimate of drug-likeness (QED) is 0.175. The SMILES string of the molecule is c1ccc2c(c1)oc1c2ccc2oc3ccc(-c4ccc5oc6c(ccc7oc8ccc(-c9ccc%10oc%11ccc%12c%13ccccc%13sc%12c%11c%10c9)cc8c76)c5c4)cc3c21. The average Bonchev–Trinajstić information content (AvgIpc) is 4.14. The molecule has 15 aromatic rings. The first kappa shape index (κ1) is 31.2. The van der Waals surface area contributed by atoms with Gasteiger partial charge in [0.25, 0.3) is 0 Å². The standard InChI is InChI=1S/C54H26O5S/c1-3-7-40-31(5-1)33-13-20-45-49(52(33)58-40)37-24-28(10-17-42(37)55-45)27-9-16-41-36(23-27)34-14-21-46-50(53(34)59-41)38-25-29(11-18-43(38)56-46)30-12-19-44-39(26-30)51-47(57-44)22-15-35-32-6-2-4-8-48(32)60-54(35)51/h1-26H. The summed E-state index contributed by atoms with van der Waals surface area (Å²) in [6, 6.07) is 55.3. The highest BCUT2D eigenvalue weighted by atomic mass is 32.1. The Bertz CT molecular complexity index is 4370. The van der Waals surface area contributed by atoms with Gasteiger partial charge in [0.05, 0.1) is 10.8 Å². The molecule has 9 aromatic carbocycles. The van der Waals surface area contributed by atoms with Gasteiger partial charge in [-0.3, -0.25) is 0 Å². The van der Waals surface area contributed by atoms with E-state index < -0.39 is 0 Å². The van der Waals surface area contributed by atoms with Crippen molar-refractivity contribution in [3.8, 4) is 22.3 Å². The Hall–Kier alpha value is -7.80. The van der Waals surface area contributed by atoms with Crippen molar-refractivity contribution < 1.29 is 22.1 Å². The highest BCUT2D eigenvalue weighted by Gasteiger charge is 2.21. The molecule has 0 amide bonds. The molecule has 0 unspecified atom stereocenters. The maximum absolute atomic E-state index is 6.72. The van der Waals surface area contributed by atoms with Gasteiger partial charge in [0.2, 0.25) is 0 Å². The van der Waals surface area contributed by atoms with Crippen LogP contribution in [0.2, 0.25) is 0 Å². The molecule has 60 heavy (non-hydrogen) atoms. The summed E-state index contributed by atoms with van der Waals surface area (Å²) in [5, 5.41) is 13.1. The molecule has 0 fully saturated rings. The van der Waals surface area contributed by atoms with Gasteiger partial charge >= 0.3 is 0 Å². The van der Waals surface area contributed by atoms with E-state index in [1.165, 1.54) is 25.6 Å². The summed E-state index contributed by atoms with van der Waals surface area (Å²) in [5.41, 5.74) is 12.8. The van der Waals surface area contributed by atoms with Crippen LogP contribution < -0.4 is 0 Å². The van der Waals surface area contributed by atoms with Crippen molar-refractivity contribution in [1.29, 1.82) is 0 Å². The lowest BCUT2D eigenvalue weighted by Gasteiger charge is -2.03. The molecule has 0 atom stereocenters. The van der Waals surface area contributed by atoms with Crippen LogP contribution in [0.5, 0.6) is 0 Å². The van der Waals surface area contributed by atoms with E-state index in [1.807, 2.05) is 29.5 Å². The van der Waals surface area contributed by atoms with Gasteiger partial charge in [-0.05, 0) is 119 Å². The molecule has 15 rings (SSSR count). The molecule has 278 valence electrons. The molecule has 0 aliphatic rings. The van der Waals surface area contributed by atoms with E-state index in [1.54, 1.807) is 0 Å². The molecule has 0 aliphatic carbocycles. The molecule has 6 heterocycles. The highest BCUT2D eigenvalue weighted by molar-refractivity contribution is 7.26. The van der Waals surface area contributed by atoms with Gasteiger partial charge < -0.3 is 22.1 Å². The molecular formula is C54H26O5S. The van der Waals surface area contributed by atoms with Crippen LogP contribution in [-0.4, -0.2) is 0 Å². The van der Waals surface area contributed by atoms with E-state index in [9.17, 15) is 0 Å². The summed E-state index contributed by atoms with van der Waals surface area (Å²) in [6.07, 6.45) is 0. The third-order valence-corrected chi connectivity index (χ3v) is 13.9. The number of fused-ring (bicyclic) bond motifs is 21. The van der Waals surface area contributed by atoms with Crippen LogP contribution in [-0.2, 0) is 0 Å². The number of thiophene rings is 1. The van der Waals surface area contributed by atoms with Crippen molar-refractivity contribution in [1.82, 2.24) is 0 Å². The maximum Gasteiger partial charge on any atom is 0.147 e. The summed E-state index contributed by atoms with van der Waals surface area (Å²) in [4.78, 5) is 0. The number of rotatable bonds is 2. The minimum atomic E-state index is 0.798. The Morgan fingerprint density at radius 3 is 1.28 bits per heavy atom. The average molecular weight is 787 g/mol. The van der Waals surface area contributed by atoms with E-state index in [0.717, 1.165) is 127 Å². The smallest absolute Gasteiger partial charge is 0.147 e. The Balaban J connectivity index is 0.882. The second kappa shape index (κ2) is 11.0.